The van der Waals surface area contributed by atoms with Crippen LogP contribution in [0.2, 0.25) is 0 Å². The Hall–Kier alpha value is 0.390. The van der Waals surface area contributed by atoms with Gasteiger partial charge in [0.25, 0.3) is 0 Å². The van der Waals surface area contributed by atoms with Crippen LogP contribution in [0.1, 0.15) is 1.37 Å². The third-order valence-electron chi connectivity index (χ3n) is 0. The van der Waals surface area contributed by atoms with Crippen molar-refractivity contribution in [2.45, 2.75) is 0 Å². The van der Waals surface area contributed by atoms with Crippen LogP contribution in [0.25, 0.3) is 0 Å². The van der Waals surface area contributed by atoms with Crippen molar-refractivity contribution in [2.75, 3.05) is 13.3 Å². The van der Waals surface area contributed by atoms with E-state index in [1.165, 1.54) is 0 Å². The molecule has 0 spiro atoms. The lowest BCUT2D eigenvalue weighted by Gasteiger charge is -1.80. The minimum absolute atomic E-state index is 0.176. The van der Waals surface area contributed by atoms with Gasteiger partial charge in [0, 0.05) is 9.52 Å². The van der Waals surface area contributed by atoms with E-state index in [1.807, 2.05) is 0 Å². The van der Waals surface area contributed by atoms with Crippen LogP contribution in [-0.4, -0.2) is 18.2 Å². The van der Waals surface area contributed by atoms with Gasteiger partial charge in [-0.25, -0.2) is 0 Å². The molecule has 1 N–H and O–H groups in total. The highest BCUT2D eigenvalue weighted by atomic mass is 31.1. The van der Waals surface area contributed by atoms with Gasteiger partial charge in [0.1, 0.15) is 0 Å². The molecule has 1 nitrogen and oxygen atoms in total. The lowest BCUT2D eigenvalue weighted by atomic mass is 11.9. The molecule has 4 heavy (non-hydrogen) atoms. The molecule has 1 unspecified atom stereocenters. The molecule has 1 atom stereocenters. The summed E-state index contributed by atoms with van der Waals surface area (Å²) in [6.07, 6.45) is 0. The van der Waals surface area contributed by atoms with Gasteiger partial charge in [-0.3, -0.25) is 0 Å². The lowest BCUT2D eigenvalue weighted by molar-refractivity contribution is 0.637. The van der Waals surface area contributed by atoms with Gasteiger partial charge in [-0.05, 0) is 13.3 Å². The second-order valence-corrected chi connectivity index (χ2v) is 1.97. The highest BCUT2D eigenvalue weighted by molar-refractivity contribution is 7.49. The van der Waals surface area contributed by atoms with Crippen molar-refractivity contribution in [1.82, 2.24) is 0 Å². The molecule has 0 saturated carbocycles. The lowest BCUT2D eigenvalue weighted by Crippen LogP contribution is -1.50. The zero-order valence-electron chi connectivity index (χ0n) is 3.60. The summed E-state index contributed by atoms with van der Waals surface area (Å²) in [6.45, 7) is 1.83. The van der Waals surface area contributed by atoms with Gasteiger partial charge in [-0.2, -0.15) is 0 Å². The third kappa shape index (κ3) is 30.4. The second kappa shape index (κ2) is 1.68. The topological polar surface area (TPSA) is 20.2 Å². The molecule has 0 amide bonds. The first kappa shape index (κ1) is 2.62. The average molecular weight is 79.1 g/mol. The van der Waals surface area contributed by atoms with Crippen LogP contribution in [0.4, 0.5) is 0 Å². The Morgan fingerprint density at radius 2 is 2.50 bits per heavy atom. The summed E-state index contributed by atoms with van der Waals surface area (Å²) in [4.78, 5) is 8.24. The van der Waals surface area contributed by atoms with E-state index in [2.05, 4.69) is 0 Å². The normalized spacial score (nSPS) is 19.0. The molecular formula is C2H7OP. The molecule has 0 aromatic carbocycles. The molecule has 0 rings (SSSR count). The molecule has 0 aromatic rings. The molecule has 0 aliphatic carbocycles. The Kier molecular flexibility index (Phi) is 1.10. The highest BCUT2D eigenvalue weighted by Gasteiger charge is 1.68. The smallest absolute Gasteiger partial charge is 0.0302 e. The standard InChI is InChI=1S/C2H7OP/c1-4(2)3/h3H,1-2H3/i1D. The summed E-state index contributed by atoms with van der Waals surface area (Å²) in [5, 5.41) is 0. The van der Waals surface area contributed by atoms with Crippen molar-refractivity contribution in [3.63, 3.8) is 0 Å². The quantitative estimate of drug-likeness (QED) is 0.422. The largest absolute Gasteiger partial charge is 0.374 e. The van der Waals surface area contributed by atoms with E-state index >= 15 is 0 Å². The van der Waals surface area contributed by atoms with E-state index in [1.54, 1.807) is 6.66 Å². The van der Waals surface area contributed by atoms with Crippen molar-refractivity contribution in [3.8, 4) is 0 Å². The Morgan fingerprint density at radius 1 is 2.25 bits per heavy atom. The number of rotatable bonds is 0. The Balaban J connectivity index is 2.54. The Morgan fingerprint density at radius 3 is 2.50 bits per heavy atom. The summed E-state index contributed by atoms with van der Waals surface area (Å²) in [7, 11) is -0.932. The zero-order chi connectivity index (χ0) is 4.28. The molecule has 2 heteroatoms. The van der Waals surface area contributed by atoms with Crippen LogP contribution in [0.5, 0.6) is 0 Å². The fourth-order valence-electron chi connectivity index (χ4n) is 0. The summed E-state index contributed by atoms with van der Waals surface area (Å²) in [5.74, 6) is 0. The van der Waals surface area contributed by atoms with Crippen molar-refractivity contribution < 1.29 is 6.26 Å². The summed E-state index contributed by atoms with van der Waals surface area (Å²) >= 11 is 0. The van der Waals surface area contributed by atoms with E-state index in [0.717, 1.165) is 0 Å². The molecule has 0 aliphatic heterocycles. The first-order valence-electron chi connectivity index (χ1n) is 1.67. The van der Waals surface area contributed by atoms with Gasteiger partial charge in [0.15, 0.2) is 0 Å². The molecule has 0 heterocycles. The van der Waals surface area contributed by atoms with E-state index in [-0.39, 0.29) is 6.64 Å². The Labute approximate surface area is 28.9 Å². The van der Waals surface area contributed by atoms with Crippen LogP contribution in [0, 0.1) is 0 Å². The van der Waals surface area contributed by atoms with Gasteiger partial charge in [-0.15, -0.1) is 0 Å². The highest BCUT2D eigenvalue weighted by Crippen LogP contribution is 2.13. The predicted molar refractivity (Wildman–Crippen MR) is 21.0 cm³/mol. The van der Waals surface area contributed by atoms with E-state index in [4.69, 9.17) is 6.26 Å². The number of hydrogen-bond donors (Lipinski definition) is 1. The molecular weight excluding hydrogens is 71.0 g/mol. The SMILES string of the molecule is [2H]CP(C)O. The molecule has 0 radical (unpaired) electrons. The zero-order valence-corrected chi connectivity index (χ0v) is 3.50. The van der Waals surface area contributed by atoms with Gasteiger partial charge in [0.05, 0.1) is 0 Å². The maximum Gasteiger partial charge on any atom is 0.0302 e. The van der Waals surface area contributed by atoms with Crippen molar-refractivity contribution in [3.05, 3.63) is 0 Å². The molecule has 0 fully saturated rings. The van der Waals surface area contributed by atoms with E-state index in [0.29, 0.717) is 0 Å². The van der Waals surface area contributed by atoms with Gasteiger partial charge < -0.3 is 4.89 Å². The average Bonchev–Trinajstić information content (AvgIpc) is 1.38. The monoisotopic (exact) mass is 79.0 g/mol. The van der Waals surface area contributed by atoms with Crippen LogP contribution in [0.3, 0.4) is 0 Å². The maximum atomic E-state index is 8.24. The van der Waals surface area contributed by atoms with Crippen molar-refractivity contribution in [1.29, 1.82) is 0 Å². The first-order valence-corrected chi connectivity index (χ1v) is 2.89. The van der Waals surface area contributed by atoms with Crippen molar-refractivity contribution >= 4 is 8.15 Å². The van der Waals surface area contributed by atoms with Crippen LogP contribution in [0.15, 0.2) is 0 Å². The van der Waals surface area contributed by atoms with Crippen molar-refractivity contribution in [2.24, 2.45) is 0 Å². The fraction of sp³-hybridized carbons (Fsp3) is 1.00. The minimum atomic E-state index is -0.932. The second-order valence-electron chi connectivity index (χ2n) is 0.658. The summed E-state index contributed by atoms with van der Waals surface area (Å²) in [6, 6.07) is 0. The molecule has 26 valence electrons. The summed E-state index contributed by atoms with van der Waals surface area (Å²) in [5.41, 5.74) is 0. The predicted octanol–water partition coefficient (Wildman–Crippen LogP) is 0.635. The maximum absolute atomic E-state index is 8.24. The molecule has 0 bridgehead atoms. The van der Waals surface area contributed by atoms with Gasteiger partial charge in [0.2, 0.25) is 0 Å². The van der Waals surface area contributed by atoms with E-state index < -0.39 is 8.15 Å². The van der Waals surface area contributed by atoms with Crippen LogP contribution in [-0.2, 0) is 0 Å². The van der Waals surface area contributed by atoms with E-state index in [9.17, 15) is 0 Å². The van der Waals surface area contributed by atoms with Gasteiger partial charge >= 0.3 is 0 Å². The molecule has 0 aliphatic rings. The molecule has 0 saturated heterocycles. The number of hydrogen-bond acceptors (Lipinski definition) is 1. The van der Waals surface area contributed by atoms with Crippen LogP contribution < -0.4 is 0 Å². The van der Waals surface area contributed by atoms with Crippen LogP contribution >= 0.6 is 8.15 Å². The molecule has 0 aromatic heterocycles. The Bertz CT molecular complexity index is 23.6. The third-order valence-corrected chi connectivity index (χ3v) is 0. The first-order chi connectivity index (χ1) is 2.27. The summed E-state index contributed by atoms with van der Waals surface area (Å²) < 4.78 is 6.44. The fourth-order valence-corrected chi connectivity index (χ4v) is 0. The minimum Gasteiger partial charge on any atom is -0.374 e. The van der Waals surface area contributed by atoms with Gasteiger partial charge in [-0.1, -0.05) is 0 Å².